The minimum atomic E-state index is -0.382. The van der Waals surface area contributed by atoms with E-state index in [9.17, 15) is 5.11 Å². The average molecular weight is 243 g/mol. The van der Waals surface area contributed by atoms with E-state index in [1.54, 1.807) is 6.20 Å². The Bertz CT molecular complexity index is 323. The molecule has 1 aliphatic rings. The smallest absolute Gasteiger partial charge is 0.111 e. The molecule has 13 heavy (non-hydrogen) atoms. The molecule has 4 heteroatoms. The highest BCUT2D eigenvalue weighted by atomic mass is 79.9. The van der Waals surface area contributed by atoms with E-state index < -0.39 is 0 Å². The first kappa shape index (κ1) is 9.12. The summed E-state index contributed by atoms with van der Waals surface area (Å²) in [4.78, 5) is 4.11. The molecule has 0 aliphatic heterocycles. The number of hydrogen-bond donors (Lipinski definition) is 2. The quantitative estimate of drug-likeness (QED) is 0.727. The molecule has 0 saturated heterocycles. The van der Waals surface area contributed by atoms with Crippen LogP contribution in [0.15, 0.2) is 22.9 Å². The maximum atomic E-state index is 9.22. The summed E-state index contributed by atoms with van der Waals surface area (Å²) in [5, 5.41) is 9.22. The fourth-order valence-electron chi connectivity index (χ4n) is 1.76. The molecule has 1 aromatic heterocycles. The van der Waals surface area contributed by atoms with Gasteiger partial charge in [0, 0.05) is 17.3 Å². The summed E-state index contributed by atoms with van der Waals surface area (Å²) >= 11 is 3.35. The van der Waals surface area contributed by atoms with Crippen LogP contribution in [0, 0.1) is 0 Å². The van der Waals surface area contributed by atoms with Crippen molar-refractivity contribution in [1.82, 2.24) is 4.98 Å². The van der Waals surface area contributed by atoms with Crippen LogP contribution in [-0.2, 0) is 5.54 Å². The topological polar surface area (TPSA) is 59.1 Å². The van der Waals surface area contributed by atoms with Gasteiger partial charge in [-0.05, 0) is 34.8 Å². The Hall–Kier alpha value is -0.450. The molecule has 3 nitrogen and oxygen atoms in total. The van der Waals surface area contributed by atoms with Crippen molar-refractivity contribution in [3.8, 4) is 0 Å². The zero-order chi connectivity index (χ0) is 9.47. The number of aromatic nitrogens is 1. The summed E-state index contributed by atoms with van der Waals surface area (Å²) in [5.41, 5.74) is 6.69. The molecule has 0 bridgehead atoms. The van der Waals surface area contributed by atoms with Gasteiger partial charge in [0.2, 0.25) is 0 Å². The van der Waals surface area contributed by atoms with Gasteiger partial charge in [0.1, 0.15) is 4.60 Å². The fraction of sp³-hybridized carbons (Fsp3) is 0.444. The first-order valence-corrected chi connectivity index (χ1v) is 4.99. The lowest BCUT2D eigenvalue weighted by molar-refractivity contribution is 0.0204. The van der Waals surface area contributed by atoms with Crippen molar-refractivity contribution in [3.63, 3.8) is 0 Å². The number of halogens is 1. The van der Waals surface area contributed by atoms with Gasteiger partial charge in [-0.3, -0.25) is 0 Å². The Kier molecular flexibility index (Phi) is 2.14. The van der Waals surface area contributed by atoms with Crippen molar-refractivity contribution in [2.45, 2.75) is 24.5 Å². The highest BCUT2D eigenvalue weighted by Gasteiger charge is 2.42. The van der Waals surface area contributed by atoms with E-state index in [1.807, 2.05) is 12.1 Å². The maximum absolute atomic E-state index is 9.22. The molecule has 1 fully saturated rings. The molecular weight excluding hydrogens is 232 g/mol. The van der Waals surface area contributed by atoms with Gasteiger partial charge in [0.05, 0.1) is 6.10 Å². The molecule has 0 atom stereocenters. The van der Waals surface area contributed by atoms with E-state index in [0.29, 0.717) is 12.8 Å². The number of rotatable bonds is 1. The van der Waals surface area contributed by atoms with E-state index >= 15 is 0 Å². The van der Waals surface area contributed by atoms with Gasteiger partial charge < -0.3 is 10.8 Å². The summed E-state index contributed by atoms with van der Waals surface area (Å²) in [7, 11) is 0. The molecule has 0 amide bonds. The Morgan fingerprint density at radius 1 is 1.62 bits per heavy atom. The van der Waals surface area contributed by atoms with Crippen LogP contribution in [0.5, 0.6) is 0 Å². The molecule has 1 heterocycles. The monoisotopic (exact) mass is 242 g/mol. The molecule has 0 radical (unpaired) electrons. The van der Waals surface area contributed by atoms with Crippen molar-refractivity contribution in [2.75, 3.05) is 0 Å². The number of hydrogen-bond acceptors (Lipinski definition) is 3. The Balaban J connectivity index is 2.31. The predicted molar refractivity (Wildman–Crippen MR) is 53.0 cm³/mol. The van der Waals surface area contributed by atoms with Crippen LogP contribution in [-0.4, -0.2) is 16.2 Å². The second kappa shape index (κ2) is 3.04. The van der Waals surface area contributed by atoms with E-state index in [1.165, 1.54) is 0 Å². The van der Waals surface area contributed by atoms with Crippen molar-refractivity contribution in [3.05, 3.63) is 28.5 Å². The van der Waals surface area contributed by atoms with Crippen molar-refractivity contribution < 1.29 is 5.11 Å². The molecule has 0 unspecified atom stereocenters. The molecule has 1 aromatic rings. The molecule has 0 aromatic carbocycles. The molecule has 3 N–H and O–H groups in total. The van der Waals surface area contributed by atoms with Crippen LogP contribution >= 0.6 is 15.9 Å². The zero-order valence-electron chi connectivity index (χ0n) is 7.07. The summed E-state index contributed by atoms with van der Waals surface area (Å²) < 4.78 is 0.782. The molecule has 1 saturated carbocycles. The van der Waals surface area contributed by atoms with Gasteiger partial charge in [0.15, 0.2) is 0 Å². The Labute approximate surface area is 85.1 Å². The lowest BCUT2D eigenvalue weighted by Crippen LogP contribution is -2.51. The Morgan fingerprint density at radius 3 is 2.85 bits per heavy atom. The largest absolute Gasteiger partial charge is 0.393 e. The van der Waals surface area contributed by atoms with E-state index in [0.717, 1.165) is 10.2 Å². The number of pyridine rings is 1. The van der Waals surface area contributed by atoms with Crippen molar-refractivity contribution >= 4 is 15.9 Å². The SMILES string of the molecule is NC1(c2cccnc2Br)CC(O)C1. The minimum Gasteiger partial charge on any atom is -0.393 e. The zero-order valence-corrected chi connectivity index (χ0v) is 8.66. The van der Waals surface area contributed by atoms with Crippen LogP contribution in [0.2, 0.25) is 0 Å². The van der Waals surface area contributed by atoms with Crippen LogP contribution < -0.4 is 5.73 Å². The van der Waals surface area contributed by atoms with Crippen LogP contribution in [0.25, 0.3) is 0 Å². The van der Waals surface area contributed by atoms with Gasteiger partial charge >= 0.3 is 0 Å². The second-order valence-corrected chi connectivity index (χ2v) is 4.31. The summed E-state index contributed by atoms with van der Waals surface area (Å²) in [6.07, 6.45) is 2.71. The third-order valence-electron chi connectivity index (χ3n) is 2.50. The van der Waals surface area contributed by atoms with Gasteiger partial charge in [0.25, 0.3) is 0 Å². The normalized spacial score (nSPS) is 32.7. The Morgan fingerprint density at radius 2 is 2.31 bits per heavy atom. The third-order valence-corrected chi connectivity index (χ3v) is 3.13. The summed E-state index contributed by atoms with van der Waals surface area (Å²) in [5.74, 6) is 0. The summed E-state index contributed by atoms with van der Waals surface area (Å²) in [6.45, 7) is 0. The number of aliphatic hydroxyl groups excluding tert-OH is 1. The lowest BCUT2D eigenvalue weighted by Gasteiger charge is -2.42. The van der Waals surface area contributed by atoms with Gasteiger partial charge in [-0.15, -0.1) is 0 Å². The number of aliphatic hydroxyl groups is 1. The number of nitrogens with two attached hydrogens (primary N) is 1. The molecule has 0 spiro atoms. The third kappa shape index (κ3) is 1.49. The summed E-state index contributed by atoms with van der Waals surface area (Å²) in [6, 6.07) is 3.81. The highest BCUT2D eigenvalue weighted by molar-refractivity contribution is 9.10. The minimum absolute atomic E-state index is 0.253. The first-order valence-electron chi connectivity index (χ1n) is 4.20. The van der Waals surface area contributed by atoms with Gasteiger partial charge in [-0.1, -0.05) is 6.07 Å². The average Bonchev–Trinajstić information content (AvgIpc) is 2.02. The van der Waals surface area contributed by atoms with Crippen molar-refractivity contribution in [1.29, 1.82) is 0 Å². The molecule has 1 aliphatic carbocycles. The second-order valence-electron chi connectivity index (χ2n) is 3.56. The highest BCUT2D eigenvalue weighted by Crippen LogP contribution is 2.41. The standard InChI is InChI=1S/C9H11BrN2O/c10-8-7(2-1-3-12-8)9(11)4-6(13)5-9/h1-3,6,13H,4-5,11H2. The molecule has 70 valence electrons. The van der Waals surface area contributed by atoms with Crippen molar-refractivity contribution in [2.24, 2.45) is 5.73 Å². The van der Waals surface area contributed by atoms with Crippen LogP contribution in [0.1, 0.15) is 18.4 Å². The molecular formula is C9H11BrN2O. The number of nitrogens with zero attached hydrogens (tertiary/aromatic N) is 1. The maximum Gasteiger partial charge on any atom is 0.111 e. The van der Waals surface area contributed by atoms with Crippen LogP contribution in [0.4, 0.5) is 0 Å². The predicted octanol–water partition coefficient (Wildman–Crippen LogP) is 1.15. The fourth-order valence-corrected chi connectivity index (χ4v) is 2.40. The van der Waals surface area contributed by atoms with E-state index in [2.05, 4.69) is 20.9 Å². The van der Waals surface area contributed by atoms with Gasteiger partial charge in [-0.25, -0.2) is 4.98 Å². The van der Waals surface area contributed by atoms with Crippen LogP contribution in [0.3, 0.4) is 0 Å². The van der Waals surface area contributed by atoms with Gasteiger partial charge in [-0.2, -0.15) is 0 Å². The first-order chi connectivity index (χ1) is 6.12. The van der Waals surface area contributed by atoms with E-state index in [-0.39, 0.29) is 11.6 Å². The van der Waals surface area contributed by atoms with E-state index in [4.69, 9.17) is 5.73 Å². The molecule has 2 rings (SSSR count). The lowest BCUT2D eigenvalue weighted by atomic mass is 9.71.